The highest BCUT2D eigenvalue weighted by molar-refractivity contribution is 7.22. The van der Waals surface area contributed by atoms with Gasteiger partial charge in [-0.05, 0) is 31.0 Å². The summed E-state index contributed by atoms with van der Waals surface area (Å²) in [4.78, 5) is 33.9. The van der Waals surface area contributed by atoms with Gasteiger partial charge in [0.25, 0.3) is 5.56 Å². The molecule has 1 aromatic carbocycles. The van der Waals surface area contributed by atoms with Crippen LogP contribution in [0.25, 0.3) is 21.3 Å². The average Bonchev–Trinajstić information content (AvgIpc) is 3.04. The van der Waals surface area contributed by atoms with E-state index in [9.17, 15) is 9.59 Å². The second kappa shape index (κ2) is 5.77. The molecule has 4 rings (SSSR count). The average molecular weight is 367 g/mol. The molecule has 4 aromatic rings. The van der Waals surface area contributed by atoms with E-state index in [-0.39, 0.29) is 5.56 Å². The first-order valence-electron chi connectivity index (χ1n) is 8.07. The molecule has 0 saturated carbocycles. The van der Waals surface area contributed by atoms with Gasteiger partial charge in [0, 0.05) is 20.3 Å². The minimum atomic E-state index is -0.402. The molecule has 3 aromatic heterocycles. The van der Waals surface area contributed by atoms with Crippen LogP contribution in [0.1, 0.15) is 11.1 Å². The van der Waals surface area contributed by atoms with Crippen LogP contribution in [0, 0.1) is 13.8 Å². The predicted octanol–water partition coefficient (Wildman–Crippen LogP) is 2.60. The van der Waals surface area contributed by atoms with Gasteiger partial charge in [0.2, 0.25) is 0 Å². The van der Waals surface area contributed by atoms with E-state index in [1.807, 2.05) is 32.0 Å². The zero-order chi connectivity index (χ0) is 18.6. The van der Waals surface area contributed by atoms with Crippen LogP contribution in [-0.2, 0) is 14.1 Å². The first-order chi connectivity index (χ1) is 12.4. The van der Waals surface area contributed by atoms with Crippen LogP contribution in [0.4, 0.5) is 10.8 Å². The van der Waals surface area contributed by atoms with Crippen LogP contribution >= 0.6 is 11.3 Å². The van der Waals surface area contributed by atoms with Gasteiger partial charge in [0.15, 0.2) is 10.8 Å². The lowest BCUT2D eigenvalue weighted by molar-refractivity contribution is 0.707. The van der Waals surface area contributed by atoms with Gasteiger partial charge in [-0.2, -0.15) is 0 Å². The molecule has 0 aliphatic carbocycles. The molecule has 0 aliphatic heterocycles. The van der Waals surface area contributed by atoms with Gasteiger partial charge in [-0.3, -0.25) is 13.9 Å². The Morgan fingerprint density at radius 2 is 1.85 bits per heavy atom. The van der Waals surface area contributed by atoms with E-state index in [1.165, 1.54) is 23.0 Å². The third-order valence-corrected chi connectivity index (χ3v) is 5.45. The number of benzene rings is 1. The first-order valence-corrected chi connectivity index (χ1v) is 8.88. The summed E-state index contributed by atoms with van der Waals surface area (Å²) < 4.78 is 3.55. The number of fused-ring (bicyclic) bond motifs is 2. The van der Waals surface area contributed by atoms with Gasteiger partial charge in [0.05, 0.1) is 15.9 Å². The molecular formula is C18H17N5O2S. The maximum atomic E-state index is 12.7. The molecule has 0 radical (unpaired) electrons. The summed E-state index contributed by atoms with van der Waals surface area (Å²) in [5.41, 5.74) is 3.05. The van der Waals surface area contributed by atoms with E-state index >= 15 is 0 Å². The van der Waals surface area contributed by atoms with Crippen molar-refractivity contribution in [3.8, 4) is 0 Å². The van der Waals surface area contributed by atoms with Crippen LogP contribution < -0.4 is 16.6 Å². The van der Waals surface area contributed by atoms with Crippen molar-refractivity contribution in [3.63, 3.8) is 0 Å². The second-order valence-corrected chi connectivity index (χ2v) is 7.32. The van der Waals surface area contributed by atoms with Crippen LogP contribution in [0.5, 0.6) is 0 Å². The summed E-state index contributed by atoms with van der Waals surface area (Å²) in [5.74, 6) is 0. The Balaban J connectivity index is 1.98. The number of rotatable bonds is 2. The van der Waals surface area contributed by atoms with Crippen molar-refractivity contribution in [2.24, 2.45) is 14.1 Å². The summed E-state index contributed by atoms with van der Waals surface area (Å²) in [6.45, 7) is 3.89. The van der Waals surface area contributed by atoms with E-state index in [4.69, 9.17) is 0 Å². The number of thiazole rings is 1. The lowest BCUT2D eigenvalue weighted by Crippen LogP contribution is -2.37. The highest BCUT2D eigenvalue weighted by Crippen LogP contribution is 2.32. The van der Waals surface area contributed by atoms with E-state index in [0.29, 0.717) is 21.9 Å². The number of aryl methyl sites for hydroxylation is 3. The summed E-state index contributed by atoms with van der Waals surface area (Å²) in [5, 5.41) is 4.36. The molecule has 0 saturated heterocycles. The molecule has 1 N–H and O–H groups in total. The molecule has 0 fully saturated rings. The fourth-order valence-electron chi connectivity index (χ4n) is 3.03. The van der Waals surface area contributed by atoms with Crippen LogP contribution in [0.2, 0.25) is 0 Å². The van der Waals surface area contributed by atoms with Crippen molar-refractivity contribution in [3.05, 3.63) is 56.4 Å². The summed E-state index contributed by atoms with van der Waals surface area (Å²) >= 11 is 1.52. The largest absolute Gasteiger partial charge is 0.332 e. The second-order valence-electron chi connectivity index (χ2n) is 6.29. The molecule has 7 nitrogen and oxygen atoms in total. The molecule has 0 aliphatic rings. The maximum Gasteiger partial charge on any atom is 0.332 e. The van der Waals surface area contributed by atoms with Gasteiger partial charge in [0.1, 0.15) is 5.39 Å². The standard InChI is InChI=1S/C18H17N5O2S/c1-9-6-5-7-11-13(9)20-17(26-11)21-14-10(2)8-19-15-12(14)16(24)23(4)18(25)22(15)3/h5-8H,1-4H3,(H,19,20,21). The number of hydrogen-bond acceptors (Lipinski definition) is 6. The molecule has 0 spiro atoms. The van der Waals surface area contributed by atoms with E-state index in [1.54, 1.807) is 13.2 Å². The van der Waals surface area contributed by atoms with Gasteiger partial charge in [-0.1, -0.05) is 23.5 Å². The van der Waals surface area contributed by atoms with E-state index < -0.39 is 5.69 Å². The summed E-state index contributed by atoms with van der Waals surface area (Å²) in [6, 6.07) is 6.04. The minimum absolute atomic E-state index is 0.350. The molecular weight excluding hydrogens is 350 g/mol. The number of para-hydroxylation sites is 1. The quantitative estimate of drug-likeness (QED) is 0.589. The van der Waals surface area contributed by atoms with E-state index in [2.05, 4.69) is 15.3 Å². The first kappa shape index (κ1) is 16.5. The highest BCUT2D eigenvalue weighted by Gasteiger charge is 2.17. The number of hydrogen-bond donors (Lipinski definition) is 1. The molecule has 3 heterocycles. The number of nitrogens with one attached hydrogen (secondary N) is 1. The van der Waals surface area contributed by atoms with Gasteiger partial charge in [-0.15, -0.1) is 0 Å². The lowest BCUT2D eigenvalue weighted by Gasteiger charge is -2.13. The fraction of sp³-hybridized carbons (Fsp3) is 0.222. The van der Waals surface area contributed by atoms with Crippen molar-refractivity contribution >= 4 is 43.4 Å². The van der Waals surface area contributed by atoms with Gasteiger partial charge >= 0.3 is 5.69 Å². The highest BCUT2D eigenvalue weighted by atomic mass is 32.1. The fourth-order valence-corrected chi connectivity index (χ4v) is 3.98. The predicted molar refractivity (Wildman–Crippen MR) is 105 cm³/mol. The van der Waals surface area contributed by atoms with Crippen LogP contribution in [-0.4, -0.2) is 19.1 Å². The molecule has 26 heavy (non-hydrogen) atoms. The number of anilines is 2. The molecule has 0 atom stereocenters. The number of nitrogens with zero attached hydrogens (tertiary/aromatic N) is 4. The molecule has 0 unspecified atom stereocenters. The zero-order valence-electron chi connectivity index (χ0n) is 14.8. The van der Waals surface area contributed by atoms with Crippen molar-refractivity contribution in [1.82, 2.24) is 19.1 Å². The third kappa shape index (κ3) is 2.33. The minimum Gasteiger partial charge on any atom is -0.330 e. The Bertz CT molecular complexity index is 1300. The Labute approximate surface area is 152 Å². The molecule has 0 bridgehead atoms. The molecule has 132 valence electrons. The zero-order valence-corrected chi connectivity index (χ0v) is 15.6. The molecule has 8 heteroatoms. The summed E-state index contributed by atoms with van der Waals surface area (Å²) in [7, 11) is 3.08. The SMILES string of the molecule is Cc1cnc2c(c1Nc1nc3c(C)cccc3s1)c(=O)n(C)c(=O)n2C. The topological polar surface area (TPSA) is 81.8 Å². The molecule has 0 amide bonds. The van der Waals surface area contributed by atoms with Crippen molar-refractivity contribution in [2.75, 3.05) is 5.32 Å². The third-order valence-electron chi connectivity index (χ3n) is 4.51. The van der Waals surface area contributed by atoms with E-state index in [0.717, 1.165) is 25.9 Å². The Morgan fingerprint density at radius 3 is 2.58 bits per heavy atom. The Kier molecular flexibility index (Phi) is 3.66. The monoisotopic (exact) mass is 367 g/mol. The van der Waals surface area contributed by atoms with Crippen LogP contribution in [0.3, 0.4) is 0 Å². The van der Waals surface area contributed by atoms with Gasteiger partial charge < -0.3 is 5.32 Å². The number of pyridine rings is 1. The summed E-state index contributed by atoms with van der Waals surface area (Å²) in [6.07, 6.45) is 1.65. The smallest absolute Gasteiger partial charge is 0.330 e. The lowest BCUT2D eigenvalue weighted by atomic mass is 10.2. The number of aromatic nitrogens is 4. The van der Waals surface area contributed by atoms with Crippen molar-refractivity contribution in [2.45, 2.75) is 13.8 Å². The maximum absolute atomic E-state index is 12.7. The van der Waals surface area contributed by atoms with Gasteiger partial charge in [-0.25, -0.2) is 14.8 Å². The van der Waals surface area contributed by atoms with Crippen molar-refractivity contribution < 1.29 is 0 Å². The van der Waals surface area contributed by atoms with Crippen LogP contribution in [0.15, 0.2) is 34.0 Å². The normalized spacial score (nSPS) is 11.4. The Hall–Kier alpha value is -3.00. The Morgan fingerprint density at radius 1 is 1.08 bits per heavy atom. The van der Waals surface area contributed by atoms with Crippen molar-refractivity contribution in [1.29, 1.82) is 0 Å².